The fraction of sp³-hybridized carbons (Fsp3) is 0.350. The smallest absolute Gasteiger partial charge is 0.417 e. The number of halogens is 3. The van der Waals surface area contributed by atoms with Gasteiger partial charge in [-0.3, -0.25) is 4.98 Å². The quantitative estimate of drug-likeness (QED) is 0.608. The minimum atomic E-state index is -4.66. The Morgan fingerprint density at radius 3 is 2.66 bits per heavy atom. The summed E-state index contributed by atoms with van der Waals surface area (Å²) >= 11 is 0. The Morgan fingerprint density at radius 1 is 1.07 bits per heavy atom. The summed E-state index contributed by atoms with van der Waals surface area (Å²) in [4.78, 5) is 4.07. The van der Waals surface area contributed by atoms with Crippen LogP contribution in [0, 0.1) is 0 Å². The van der Waals surface area contributed by atoms with E-state index in [1.54, 1.807) is 6.07 Å². The predicted molar refractivity (Wildman–Crippen MR) is 101 cm³/mol. The largest absolute Gasteiger partial charge is 0.507 e. The number of hydrogen-bond acceptors (Lipinski definition) is 6. The average molecular weight is 404 g/mol. The summed E-state index contributed by atoms with van der Waals surface area (Å²) in [6, 6.07) is 4.77. The molecule has 2 aromatic heterocycles. The Balaban J connectivity index is 1.83. The van der Waals surface area contributed by atoms with E-state index in [-0.39, 0.29) is 11.7 Å². The summed E-state index contributed by atoms with van der Waals surface area (Å²) in [5.41, 5.74) is -1.47. The van der Waals surface area contributed by atoms with Crippen LogP contribution in [0.25, 0.3) is 22.0 Å². The van der Waals surface area contributed by atoms with Crippen LogP contribution in [0.15, 0.2) is 36.7 Å². The topological polar surface area (TPSA) is 91.2 Å². The van der Waals surface area contributed by atoms with E-state index in [9.17, 15) is 23.4 Å². The van der Waals surface area contributed by atoms with Crippen molar-refractivity contribution in [1.29, 1.82) is 0 Å². The first-order valence-electron chi connectivity index (χ1n) is 9.29. The van der Waals surface area contributed by atoms with E-state index in [2.05, 4.69) is 20.5 Å². The summed E-state index contributed by atoms with van der Waals surface area (Å²) in [6.45, 7) is 0. The average Bonchev–Trinajstić information content (AvgIpc) is 2.68. The third-order valence-electron chi connectivity index (χ3n) is 5.15. The fourth-order valence-corrected chi connectivity index (χ4v) is 3.80. The van der Waals surface area contributed by atoms with Crippen LogP contribution in [0.2, 0.25) is 0 Å². The van der Waals surface area contributed by atoms with Gasteiger partial charge in [0.2, 0.25) is 0 Å². The van der Waals surface area contributed by atoms with Gasteiger partial charge in [-0.1, -0.05) is 6.07 Å². The number of fused-ring (bicyclic) bond motifs is 1. The van der Waals surface area contributed by atoms with Gasteiger partial charge in [-0.2, -0.15) is 13.2 Å². The molecule has 1 aliphatic rings. The lowest BCUT2D eigenvalue weighted by Gasteiger charge is -2.27. The van der Waals surface area contributed by atoms with Gasteiger partial charge in [0.1, 0.15) is 11.4 Å². The highest BCUT2D eigenvalue weighted by atomic mass is 19.4. The third kappa shape index (κ3) is 3.82. The SMILES string of the molecule is Oc1cccc(C(F)(F)F)c1-c1nnc(N[C@H]2CCC[C@@H](O)C2)c2cnccc12. The number of nitrogens with zero attached hydrogens (tertiary/aromatic N) is 3. The standard InChI is InChI=1S/C20H19F3N4O2/c21-20(22,23)15-5-2-6-16(29)17(15)18-13-7-8-24-10-14(13)19(27-26-18)25-11-3-1-4-12(28)9-11/h2,5-8,10-12,28-29H,1,3-4,9H2,(H,25,27)/t11-,12+/m0/s1. The van der Waals surface area contributed by atoms with Crippen LogP contribution >= 0.6 is 0 Å². The first-order valence-corrected chi connectivity index (χ1v) is 9.29. The third-order valence-corrected chi connectivity index (χ3v) is 5.15. The number of nitrogens with one attached hydrogen (secondary N) is 1. The van der Waals surface area contributed by atoms with E-state index in [1.807, 2.05) is 0 Å². The molecule has 29 heavy (non-hydrogen) atoms. The lowest BCUT2D eigenvalue weighted by Crippen LogP contribution is -2.30. The van der Waals surface area contributed by atoms with Crippen molar-refractivity contribution in [3.05, 3.63) is 42.2 Å². The van der Waals surface area contributed by atoms with Crippen LogP contribution in [0.3, 0.4) is 0 Å². The molecule has 0 spiro atoms. The Morgan fingerprint density at radius 2 is 1.90 bits per heavy atom. The molecular weight excluding hydrogens is 385 g/mol. The number of hydrogen-bond donors (Lipinski definition) is 3. The lowest BCUT2D eigenvalue weighted by molar-refractivity contribution is -0.137. The zero-order chi connectivity index (χ0) is 20.6. The highest BCUT2D eigenvalue weighted by molar-refractivity contribution is 6.01. The van der Waals surface area contributed by atoms with Crippen molar-refractivity contribution >= 4 is 16.6 Å². The minimum Gasteiger partial charge on any atom is -0.507 e. The van der Waals surface area contributed by atoms with Crippen LogP contribution < -0.4 is 5.32 Å². The van der Waals surface area contributed by atoms with Crippen molar-refractivity contribution in [2.45, 2.75) is 44.0 Å². The molecular formula is C20H19F3N4O2. The van der Waals surface area contributed by atoms with Gasteiger partial charge in [0, 0.05) is 29.2 Å². The molecule has 1 saturated carbocycles. The van der Waals surface area contributed by atoms with E-state index in [4.69, 9.17) is 0 Å². The van der Waals surface area contributed by atoms with Gasteiger partial charge in [0.15, 0.2) is 5.82 Å². The number of anilines is 1. The second-order valence-electron chi connectivity index (χ2n) is 7.18. The second-order valence-corrected chi connectivity index (χ2v) is 7.18. The van der Waals surface area contributed by atoms with Gasteiger partial charge in [0.25, 0.3) is 0 Å². The van der Waals surface area contributed by atoms with E-state index >= 15 is 0 Å². The van der Waals surface area contributed by atoms with Crippen molar-refractivity contribution < 1.29 is 23.4 Å². The Hall–Kier alpha value is -2.94. The van der Waals surface area contributed by atoms with Crippen LogP contribution in [-0.2, 0) is 6.18 Å². The molecule has 152 valence electrons. The molecule has 0 radical (unpaired) electrons. The number of phenolic OH excluding ortho intramolecular Hbond substituents is 1. The summed E-state index contributed by atoms with van der Waals surface area (Å²) in [5, 5.41) is 32.3. The summed E-state index contributed by atoms with van der Waals surface area (Å²) in [5.74, 6) is -0.136. The Bertz CT molecular complexity index is 1040. The molecule has 3 aromatic rings. The first-order chi connectivity index (χ1) is 13.8. The number of benzene rings is 1. The highest BCUT2D eigenvalue weighted by Crippen LogP contribution is 2.43. The van der Waals surface area contributed by atoms with Crippen molar-refractivity contribution in [1.82, 2.24) is 15.2 Å². The molecule has 3 N–H and O–H groups in total. The van der Waals surface area contributed by atoms with Crippen molar-refractivity contribution in [2.24, 2.45) is 0 Å². The second kappa shape index (κ2) is 7.47. The van der Waals surface area contributed by atoms with Crippen LogP contribution in [0.5, 0.6) is 5.75 Å². The summed E-state index contributed by atoms with van der Waals surface area (Å²) in [7, 11) is 0. The molecule has 0 unspecified atom stereocenters. The number of aliphatic hydroxyl groups is 1. The number of aliphatic hydroxyl groups excluding tert-OH is 1. The number of phenols is 1. The molecule has 1 fully saturated rings. The molecule has 9 heteroatoms. The molecule has 2 atom stereocenters. The number of alkyl halides is 3. The highest BCUT2D eigenvalue weighted by Gasteiger charge is 2.36. The number of rotatable bonds is 3. The molecule has 0 bridgehead atoms. The van der Waals surface area contributed by atoms with Gasteiger partial charge < -0.3 is 15.5 Å². The molecule has 6 nitrogen and oxygen atoms in total. The van der Waals surface area contributed by atoms with Crippen molar-refractivity contribution in [3.63, 3.8) is 0 Å². The zero-order valence-corrected chi connectivity index (χ0v) is 15.3. The normalized spacial score (nSPS) is 20.0. The van der Waals surface area contributed by atoms with E-state index in [1.165, 1.54) is 18.5 Å². The minimum absolute atomic E-state index is 0.0156. The molecule has 1 aromatic carbocycles. The lowest BCUT2D eigenvalue weighted by atomic mass is 9.93. The van der Waals surface area contributed by atoms with Gasteiger partial charge in [-0.15, -0.1) is 10.2 Å². The van der Waals surface area contributed by atoms with Crippen LogP contribution in [-0.4, -0.2) is 37.5 Å². The monoisotopic (exact) mass is 404 g/mol. The molecule has 0 aliphatic heterocycles. The molecule has 4 rings (SSSR count). The molecule has 2 heterocycles. The predicted octanol–water partition coefficient (Wildman–Crippen LogP) is 4.13. The number of aromatic hydroxyl groups is 1. The van der Waals surface area contributed by atoms with E-state index in [0.717, 1.165) is 31.4 Å². The maximum Gasteiger partial charge on any atom is 0.417 e. The molecule has 0 amide bonds. The van der Waals surface area contributed by atoms with Crippen LogP contribution in [0.1, 0.15) is 31.2 Å². The van der Waals surface area contributed by atoms with Gasteiger partial charge >= 0.3 is 6.18 Å². The van der Waals surface area contributed by atoms with E-state index < -0.39 is 29.2 Å². The number of aromatic nitrogens is 3. The first kappa shape index (κ1) is 19.4. The van der Waals surface area contributed by atoms with Crippen LogP contribution in [0.4, 0.5) is 19.0 Å². The maximum atomic E-state index is 13.5. The number of pyridine rings is 1. The molecule has 1 aliphatic carbocycles. The van der Waals surface area contributed by atoms with Gasteiger partial charge in [-0.25, -0.2) is 0 Å². The fourth-order valence-electron chi connectivity index (χ4n) is 3.80. The Labute approximate surface area is 164 Å². The van der Waals surface area contributed by atoms with Gasteiger partial charge in [-0.05, 0) is 43.9 Å². The molecule has 0 saturated heterocycles. The summed E-state index contributed by atoms with van der Waals surface area (Å²) in [6.07, 6.45) is 0.921. The zero-order valence-electron chi connectivity index (χ0n) is 15.3. The van der Waals surface area contributed by atoms with Crippen molar-refractivity contribution in [2.75, 3.05) is 5.32 Å². The summed E-state index contributed by atoms with van der Waals surface area (Å²) < 4.78 is 40.6. The van der Waals surface area contributed by atoms with E-state index in [0.29, 0.717) is 23.0 Å². The van der Waals surface area contributed by atoms with Gasteiger partial charge in [0.05, 0.1) is 17.2 Å². The van der Waals surface area contributed by atoms with Crippen molar-refractivity contribution in [3.8, 4) is 17.0 Å². The maximum absolute atomic E-state index is 13.5. The Kier molecular flexibility index (Phi) is 4.99.